The number of aromatic amines is 1. The zero-order chi connectivity index (χ0) is 27.9. The van der Waals surface area contributed by atoms with E-state index in [2.05, 4.69) is 34.1 Å². The van der Waals surface area contributed by atoms with Crippen LogP contribution in [0.25, 0.3) is 10.9 Å². The SMILES string of the molecule is C.CC(=O)Cc1ccc(CN2CCC(SCc3nc4c(C)cccc4c(=O)[nH]3)CC2)cc1.O=C(O)C(F)(F)F. The van der Waals surface area contributed by atoms with Crippen LogP contribution in [0.15, 0.2) is 47.3 Å². The zero-order valence-electron chi connectivity index (χ0n) is 21.2. The predicted molar refractivity (Wildman–Crippen MR) is 148 cm³/mol. The summed E-state index contributed by atoms with van der Waals surface area (Å²) in [4.78, 5) is 42.7. The Morgan fingerprint density at radius 2 is 1.69 bits per heavy atom. The van der Waals surface area contributed by atoms with Crippen LogP contribution in [-0.4, -0.2) is 56.2 Å². The van der Waals surface area contributed by atoms with E-state index in [9.17, 15) is 22.8 Å². The van der Waals surface area contributed by atoms with Gasteiger partial charge in [-0.2, -0.15) is 24.9 Å². The number of fused-ring (bicyclic) bond motifs is 1. The zero-order valence-corrected chi connectivity index (χ0v) is 22.0. The average molecular weight is 566 g/mol. The largest absolute Gasteiger partial charge is 0.490 e. The van der Waals surface area contributed by atoms with Gasteiger partial charge in [-0.05, 0) is 62.5 Å². The van der Waals surface area contributed by atoms with Crippen molar-refractivity contribution in [2.24, 2.45) is 0 Å². The molecule has 0 radical (unpaired) electrons. The van der Waals surface area contributed by atoms with Crippen molar-refractivity contribution in [3.8, 4) is 0 Å². The second kappa shape index (κ2) is 14.3. The van der Waals surface area contributed by atoms with E-state index in [0.717, 1.165) is 60.7 Å². The Kier molecular flexibility index (Phi) is 11.7. The van der Waals surface area contributed by atoms with E-state index in [0.29, 0.717) is 17.1 Å². The number of H-pyrrole nitrogens is 1. The number of carboxylic acids is 1. The van der Waals surface area contributed by atoms with E-state index in [1.54, 1.807) is 6.92 Å². The Hall–Kier alpha value is -3.18. The minimum absolute atomic E-state index is 0. The molecule has 0 unspecified atom stereocenters. The van der Waals surface area contributed by atoms with Gasteiger partial charge in [-0.15, -0.1) is 0 Å². The molecule has 1 aliphatic heterocycles. The van der Waals surface area contributed by atoms with E-state index in [-0.39, 0.29) is 18.8 Å². The minimum atomic E-state index is -5.08. The van der Waals surface area contributed by atoms with Gasteiger partial charge in [-0.1, -0.05) is 43.8 Å². The van der Waals surface area contributed by atoms with Crippen molar-refractivity contribution in [1.82, 2.24) is 14.9 Å². The highest BCUT2D eigenvalue weighted by molar-refractivity contribution is 7.99. The number of ketones is 1. The van der Waals surface area contributed by atoms with E-state index in [1.807, 2.05) is 36.9 Å². The highest BCUT2D eigenvalue weighted by Crippen LogP contribution is 2.27. The van der Waals surface area contributed by atoms with Gasteiger partial charge in [-0.3, -0.25) is 14.5 Å². The number of benzene rings is 2. The van der Waals surface area contributed by atoms with Crippen molar-refractivity contribution in [2.45, 2.75) is 64.3 Å². The summed E-state index contributed by atoms with van der Waals surface area (Å²) in [5.74, 6) is -1.05. The first-order chi connectivity index (χ1) is 17.9. The molecule has 1 aromatic heterocycles. The van der Waals surface area contributed by atoms with Crippen LogP contribution in [0.3, 0.4) is 0 Å². The molecule has 0 spiro atoms. The molecule has 0 saturated carbocycles. The number of nitrogens with one attached hydrogen (secondary N) is 1. The molecule has 212 valence electrons. The number of aliphatic carboxylic acids is 1. The molecule has 2 heterocycles. The lowest BCUT2D eigenvalue weighted by Gasteiger charge is -2.31. The summed E-state index contributed by atoms with van der Waals surface area (Å²) in [6, 6.07) is 14.1. The second-order valence-electron chi connectivity index (χ2n) is 9.27. The number of carbonyl (C=O) groups excluding carboxylic acids is 1. The number of thioether (sulfide) groups is 1. The molecule has 4 rings (SSSR count). The minimum Gasteiger partial charge on any atom is -0.475 e. The third-order valence-corrected chi connectivity index (χ3v) is 7.48. The Labute approximate surface area is 229 Å². The van der Waals surface area contributed by atoms with Crippen molar-refractivity contribution in [3.63, 3.8) is 0 Å². The summed E-state index contributed by atoms with van der Waals surface area (Å²) < 4.78 is 31.7. The second-order valence-corrected chi connectivity index (χ2v) is 10.6. The summed E-state index contributed by atoms with van der Waals surface area (Å²) in [5.41, 5.74) is 4.19. The normalized spacial score (nSPS) is 14.3. The molecule has 2 aromatic carbocycles. The molecule has 0 atom stereocenters. The Morgan fingerprint density at radius 1 is 1.10 bits per heavy atom. The molecule has 0 amide bonds. The summed E-state index contributed by atoms with van der Waals surface area (Å²) in [6.45, 7) is 6.74. The predicted octanol–water partition coefficient (Wildman–Crippen LogP) is 5.53. The number of carboxylic acid groups (broad SMARTS) is 1. The van der Waals surface area contributed by atoms with Crippen molar-refractivity contribution in [1.29, 1.82) is 0 Å². The van der Waals surface area contributed by atoms with Crippen molar-refractivity contribution in [2.75, 3.05) is 13.1 Å². The molecule has 1 aliphatic rings. The number of Topliss-reactive ketones (excluding diaryl/α,β-unsaturated/α-hetero) is 1. The van der Waals surface area contributed by atoms with Crippen LogP contribution in [0.2, 0.25) is 0 Å². The fourth-order valence-corrected chi connectivity index (χ4v) is 5.23. The lowest BCUT2D eigenvalue weighted by molar-refractivity contribution is -0.192. The average Bonchev–Trinajstić information content (AvgIpc) is 2.85. The third kappa shape index (κ3) is 9.81. The first kappa shape index (κ1) is 32.0. The standard InChI is InChI=1S/C25H29N3O2S.C2HF3O2.CH4/c1-17-4-3-5-22-24(17)26-23(27-25(22)30)16-31-21-10-12-28(13-11-21)15-20-8-6-19(7-9-20)14-18(2)29;3-2(4,5)1(6)7;/h3-9,21H,10-16H2,1-2H3,(H,26,27,30);(H,6,7);1H4. The van der Waals surface area contributed by atoms with Gasteiger partial charge in [0.15, 0.2) is 0 Å². The molecule has 11 heteroatoms. The molecule has 7 nitrogen and oxygen atoms in total. The lowest BCUT2D eigenvalue weighted by atomic mass is 10.1. The highest BCUT2D eigenvalue weighted by Gasteiger charge is 2.38. The molecular formula is C28H34F3N3O4S. The number of para-hydroxylation sites is 1. The summed E-state index contributed by atoms with van der Waals surface area (Å²) in [7, 11) is 0. The number of carbonyl (C=O) groups is 2. The summed E-state index contributed by atoms with van der Waals surface area (Å²) >= 11 is 1.90. The number of piperidine rings is 1. The maximum atomic E-state index is 12.4. The topological polar surface area (TPSA) is 103 Å². The molecule has 1 fully saturated rings. The number of aryl methyl sites for hydroxylation is 1. The number of rotatable bonds is 7. The summed E-state index contributed by atoms with van der Waals surface area (Å²) in [6.07, 6.45) is -2.28. The van der Waals surface area contributed by atoms with Crippen LogP contribution < -0.4 is 5.56 Å². The van der Waals surface area contributed by atoms with Crippen molar-refractivity contribution < 1.29 is 27.9 Å². The monoisotopic (exact) mass is 565 g/mol. The van der Waals surface area contributed by atoms with Gasteiger partial charge in [0.1, 0.15) is 11.6 Å². The van der Waals surface area contributed by atoms with E-state index in [1.165, 1.54) is 5.56 Å². The molecule has 3 aromatic rings. The number of nitrogens with zero attached hydrogens (tertiary/aromatic N) is 2. The maximum Gasteiger partial charge on any atom is 0.490 e. The molecule has 0 aliphatic carbocycles. The molecule has 0 bridgehead atoms. The third-order valence-electron chi connectivity index (χ3n) is 6.10. The van der Waals surface area contributed by atoms with Crippen molar-refractivity contribution in [3.05, 3.63) is 75.3 Å². The molecular weight excluding hydrogens is 531 g/mol. The quantitative estimate of drug-likeness (QED) is 0.388. The van der Waals surface area contributed by atoms with Gasteiger partial charge in [-0.25, -0.2) is 9.78 Å². The highest BCUT2D eigenvalue weighted by atomic mass is 32.2. The fraction of sp³-hybridized carbons (Fsp3) is 0.429. The number of aromatic nitrogens is 2. The van der Waals surface area contributed by atoms with E-state index >= 15 is 0 Å². The molecule has 1 saturated heterocycles. The Bertz CT molecular complexity index is 1320. The fourth-order valence-electron chi connectivity index (χ4n) is 4.16. The number of likely N-dealkylation sites (tertiary alicyclic amines) is 1. The first-order valence-corrected chi connectivity index (χ1v) is 13.2. The van der Waals surface area contributed by atoms with Gasteiger partial charge in [0, 0.05) is 18.2 Å². The summed E-state index contributed by atoms with van der Waals surface area (Å²) in [5, 5.41) is 8.38. The smallest absolute Gasteiger partial charge is 0.475 e. The Balaban J connectivity index is 0.000000592. The van der Waals surface area contributed by atoms with Crippen LogP contribution >= 0.6 is 11.8 Å². The van der Waals surface area contributed by atoms with Gasteiger partial charge < -0.3 is 10.1 Å². The van der Waals surface area contributed by atoms with Gasteiger partial charge in [0.25, 0.3) is 5.56 Å². The Morgan fingerprint density at radius 3 is 2.26 bits per heavy atom. The molecule has 39 heavy (non-hydrogen) atoms. The molecule has 2 N–H and O–H groups in total. The van der Waals surface area contributed by atoms with Crippen LogP contribution in [0.1, 0.15) is 49.7 Å². The number of halogens is 3. The maximum absolute atomic E-state index is 12.4. The van der Waals surface area contributed by atoms with E-state index in [4.69, 9.17) is 14.9 Å². The first-order valence-electron chi connectivity index (χ1n) is 12.1. The number of alkyl halides is 3. The van der Waals surface area contributed by atoms with Crippen LogP contribution in [0.4, 0.5) is 13.2 Å². The van der Waals surface area contributed by atoms with E-state index < -0.39 is 12.1 Å². The van der Waals surface area contributed by atoms with Crippen LogP contribution in [0, 0.1) is 6.92 Å². The number of hydrogen-bond acceptors (Lipinski definition) is 6. The van der Waals surface area contributed by atoms with Gasteiger partial charge >= 0.3 is 12.1 Å². The van der Waals surface area contributed by atoms with Crippen LogP contribution in [-0.2, 0) is 28.3 Å². The lowest BCUT2D eigenvalue weighted by Crippen LogP contribution is -2.34. The van der Waals surface area contributed by atoms with Gasteiger partial charge in [0.2, 0.25) is 0 Å². The number of hydrogen-bond donors (Lipinski definition) is 2. The van der Waals surface area contributed by atoms with Gasteiger partial charge in [0.05, 0.1) is 16.7 Å². The van der Waals surface area contributed by atoms with Crippen LogP contribution in [0.5, 0.6) is 0 Å². The van der Waals surface area contributed by atoms with Crippen molar-refractivity contribution >= 4 is 34.4 Å².